The Morgan fingerprint density at radius 1 is 1.38 bits per heavy atom. The van der Waals surface area contributed by atoms with E-state index >= 15 is 0 Å². The predicted molar refractivity (Wildman–Crippen MR) is 59.2 cm³/mol. The van der Waals surface area contributed by atoms with Gasteiger partial charge >= 0.3 is 0 Å². The molecule has 0 aliphatic carbocycles. The lowest BCUT2D eigenvalue weighted by Gasteiger charge is -2.26. The van der Waals surface area contributed by atoms with Crippen molar-refractivity contribution in [3.63, 3.8) is 0 Å². The summed E-state index contributed by atoms with van der Waals surface area (Å²) in [4.78, 5) is 2.29. The number of benzene rings is 1. The van der Waals surface area contributed by atoms with Crippen LogP contribution < -0.4 is 0 Å². The third-order valence-electron chi connectivity index (χ3n) is 2.49. The number of hydrogen-bond acceptors (Lipinski definition) is 1. The van der Waals surface area contributed by atoms with E-state index in [-0.39, 0.29) is 0 Å². The average Bonchev–Trinajstić information content (AvgIpc) is 2.12. The zero-order chi connectivity index (χ0) is 9.42. The molecule has 0 N–H and O–H groups in total. The van der Waals surface area contributed by atoms with Gasteiger partial charge < -0.3 is 4.90 Å². The molecule has 1 aromatic rings. The summed E-state index contributed by atoms with van der Waals surface area (Å²) in [5, 5.41) is 0.893. The van der Waals surface area contributed by atoms with Gasteiger partial charge in [0.1, 0.15) is 0 Å². The van der Waals surface area contributed by atoms with Gasteiger partial charge in [0.2, 0.25) is 0 Å². The Kier molecular flexibility index (Phi) is 2.63. The summed E-state index contributed by atoms with van der Waals surface area (Å²) in [5.74, 6) is 0. The molecule has 0 unspecified atom stereocenters. The van der Waals surface area contributed by atoms with Crippen LogP contribution in [-0.2, 0) is 13.0 Å². The molecule has 13 heavy (non-hydrogen) atoms. The maximum atomic E-state index is 6.13. The van der Waals surface area contributed by atoms with Crippen molar-refractivity contribution in [3.8, 4) is 0 Å². The number of nitrogens with zero attached hydrogens (tertiary/aromatic N) is 1. The van der Waals surface area contributed by atoms with Crippen LogP contribution in [0.3, 0.4) is 0 Å². The van der Waals surface area contributed by atoms with E-state index in [9.17, 15) is 0 Å². The van der Waals surface area contributed by atoms with E-state index in [0.29, 0.717) is 0 Å². The SMILES string of the molecule is CN1CCc2c(Br)ccc(Cl)c2C1. The first-order chi connectivity index (χ1) is 6.18. The van der Waals surface area contributed by atoms with Crippen LogP contribution in [0, 0.1) is 0 Å². The van der Waals surface area contributed by atoms with E-state index in [1.807, 2.05) is 12.1 Å². The lowest BCUT2D eigenvalue weighted by atomic mass is 10.0. The fraction of sp³-hybridized carbons (Fsp3) is 0.400. The van der Waals surface area contributed by atoms with Gasteiger partial charge in [-0.15, -0.1) is 0 Å². The Labute approximate surface area is 91.8 Å². The Bertz CT molecular complexity index is 338. The lowest BCUT2D eigenvalue weighted by molar-refractivity contribution is 0.312. The quantitative estimate of drug-likeness (QED) is 0.693. The summed E-state index contributed by atoms with van der Waals surface area (Å²) >= 11 is 9.69. The molecule has 0 bridgehead atoms. The van der Waals surface area contributed by atoms with Crippen molar-refractivity contribution in [2.75, 3.05) is 13.6 Å². The molecule has 0 radical (unpaired) electrons. The molecule has 0 aromatic heterocycles. The largest absolute Gasteiger partial charge is 0.302 e. The number of fused-ring (bicyclic) bond motifs is 1. The molecule has 0 spiro atoms. The maximum Gasteiger partial charge on any atom is 0.0454 e. The fourth-order valence-electron chi connectivity index (χ4n) is 1.73. The van der Waals surface area contributed by atoms with Gasteiger partial charge in [-0.25, -0.2) is 0 Å². The Morgan fingerprint density at radius 2 is 2.15 bits per heavy atom. The third kappa shape index (κ3) is 1.76. The van der Waals surface area contributed by atoms with Gasteiger partial charge in [0.25, 0.3) is 0 Å². The van der Waals surface area contributed by atoms with Gasteiger partial charge in [0, 0.05) is 22.6 Å². The summed E-state index contributed by atoms with van der Waals surface area (Å²) in [6.07, 6.45) is 1.09. The number of likely N-dealkylation sites (N-methyl/N-ethyl adjacent to an activating group) is 1. The van der Waals surface area contributed by atoms with Crippen molar-refractivity contribution in [1.29, 1.82) is 0 Å². The highest BCUT2D eigenvalue weighted by atomic mass is 79.9. The van der Waals surface area contributed by atoms with Crippen LogP contribution in [-0.4, -0.2) is 18.5 Å². The molecule has 0 saturated heterocycles. The second-order valence-electron chi connectivity index (χ2n) is 3.47. The van der Waals surface area contributed by atoms with Crippen LogP contribution in [0.2, 0.25) is 5.02 Å². The van der Waals surface area contributed by atoms with Crippen molar-refractivity contribution < 1.29 is 0 Å². The minimum atomic E-state index is 0.893. The van der Waals surface area contributed by atoms with Crippen molar-refractivity contribution in [3.05, 3.63) is 32.8 Å². The minimum Gasteiger partial charge on any atom is -0.302 e. The molecule has 2 rings (SSSR count). The van der Waals surface area contributed by atoms with Gasteiger partial charge in [0.05, 0.1) is 0 Å². The number of hydrogen-bond donors (Lipinski definition) is 0. The van der Waals surface area contributed by atoms with Gasteiger partial charge in [-0.1, -0.05) is 27.5 Å². The first-order valence-corrected chi connectivity index (χ1v) is 5.50. The fourth-order valence-corrected chi connectivity index (χ4v) is 2.54. The molecule has 1 aromatic carbocycles. The van der Waals surface area contributed by atoms with Crippen LogP contribution in [0.15, 0.2) is 16.6 Å². The zero-order valence-electron chi connectivity index (χ0n) is 7.48. The normalized spacial score (nSPS) is 17.2. The summed E-state index contributed by atoms with van der Waals surface area (Å²) in [5.41, 5.74) is 2.66. The van der Waals surface area contributed by atoms with E-state index in [1.165, 1.54) is 15.6 Å². The van der Waals surface area contributed by atoms with Crippen molar-refractivity contribution in [2.24, 2.45) is 0 Å². The van der Waals surface area contributed by atoms with E-state index in [2.05, 4.69) is 27.9 Å². The maximum absolute atomic E-state index is 6.13. The molecular formula is C10H11BrClN. The van der Waals surface area contributed by atoms with Crippen LogP contribution >= 0.6 is 27.5 Å². The third-order valence-corrected chi connectivity index (χ3v) is 3.59. The van der Waals surface area contributed by atoms with Crippen molar-refractivity contribution in [1.82, 2.24) is 4.90 Å². The molecule has 1 heterocycles. The standard InChI is InChI=1S/C10H11BrClN/c1-13-5-4-7-8(6-13)10(12)3-2-9(7)11/h2-3H,4-6H2,1H3. The molecule has 1 aliphatic rings. The molecule has 0 saturated carbocycles. The zero-order valence-corrected chi connectivity index (χ0v) is 9.82. The molecule has 1 nitrogen and oxygen atoms in total. The summed E-state index contributed by atoms with van der Waals surface area (Å²) in [6.45, 7) is 2.08. The van der Waals surface area contributed by atoms with Crippen molar-refractivity contribution in [2.45, 2.75) is 13.0 Å². The first-order valence-electron chi connectivity index (χ1n) is 4.33. The smallest absolute Gasteiger partial charge is 0.0454 e. The molecule has 1 aliphatic heterocycles. The van der Waals surface area contributed by atoms with Gasteiger partial charge in [-0.3, -0.25) is 0 Å². The van der Waals surface area contributed by atoms with E-state index in [0.717, 1.165) is 24.5 Å². The van der Waals surface area contributed by atoms with Gasteiger partial charge in [-0.05, 0) is 36.7 Å². The van der Waals surface area contributed by atoms with Gasteiger partial charge in [-0.2, -0.15) is 0 Å². The monoisotopic (exact) mass is 259 g/mol. The molecule has 0 fully saturated rings. The molecular weight excluding hydrogens is 249 g/mol. The lowest BCUT2D eigenvalue weighted by Crippen LogP contribution is -2.27. The highest BCUT2D eigenvalue weighted by Crippen LogP contribution is 2.31. The molecule has 70 valence electrons. The van der Waals surface area contributed by atoms with E-state index in [4.69, 9.17) is 11.6 Å². The number of halogens is 2. The van der Waals surface area contributed by atoms with Gasteiger partial charge in [0.15, 0.2) is 0 Å². The Balaban J connectivity index is 2.51. The second-order valence-corrected chi connectivity index (χ2v) is 4.74. The predicted octanol–water partition coefficient (Wildman–Crippen LogP) is 3.09. The molecule has 0 amide bonds. The van der Waals surface area contributed by atoms with E-state index < -0.39 is 0 Å². The Morgan fingerprint density at radius 3 is 2.92 bits per heavy atom. The summed E-state index contributed by atoms with van der Waals surface area (Å²) < 4.78 is 1.19. The van der Waals surface area contributed by atoms with Crippen LogP contribution in [0.4, 0.5) is 0 Å². The number of rotatable bonds is 0. The van der Waals surface area contributed by atoms with Crippen LogP contribution in [0.25, 0.3) is 0 Å². The van der Waals surface area contributed by atoms with Crippen LogP contribution in [0.5, 0.6) is 0 Å². The highest BCUT2D eigenvalue weighted by Gasteiger charge is 2.17. The van der Waals surface area contributed by atoms with E-state index in [1.54, 1.807) is 0 Å². The Hall–Kier alpha value is -0.0500. The topological polar surface area (TPSA) is 3.24 Å². The minimum absolute atomic E-state index is 0.893. The average molecular weight is 261 g/mol. The molecule has 3 heteroatoms. The summed E-state index contributed by atoms with van der Waals surface area (Å²) in [7, 11) is 2.13. The van der Waals surface area contributed by atoms with Crippen molar-refractivity contribution >= 4 is 27.5 Å². The first kappa shape index (κ1) is 9.50. The highest BCUT2D eigenvalue weighted by molar-refractivity contribution is 9.10. The molecule has 0 atom stereocenters. The van der Waals surface area contributed by atoms with Crippen LogP contribution in [0.1, 0.15) is 11.1 Å². The summed E-state index contributed by atoms with van der Waals surface area (Å²) in [6, 6.07) is 4.00. The second kappa shape index (κ2) is 3.60.